The predicted molar refractivity (Wildman–Crippen MR) is 115 cm³/mol. The third kappa shape index (κ3) is 4.92. The molecule has 0 atom stereocenters. The van der Waals surface area contributed by atoms with E-state index in [1.54, 1.807) is 0 Å². The van der Waals surface area contributed by atoms with E-state index in [1.807, 2.05) is 32.0 Å². The predicted octanol–water partition coefficient (Wildman–Crippen LogP) is 1.08. The Morgan fingerprint density at radius 3 is 1.46 bits per heavy atom. The number of alkyl carbamates (subject to hydrolysis) is 1. The van der Waals surface area contributed by atoms with E-state index in [0.29, 0.717) is 6.29 Å². The van der Waals surface area contributed by atoms with Crippen molar-refractivity contribution in [3.05, 3.63) is 91.0 Å². The van der Waals surface area contributed by atoms with E-state index in [-0.39, 0.29) is 24.6 Å². The Balaban J connectivity index is 0.00000280. The highest BCUT2D eigenvalue weighted by Crippen LogP contribution is 2.54. The molecule has 0 heterocycles. The summed E-state index contributed by atoms with van der Waals surface area (Å²) >= 11 is 0. The van der Waals surface area contributed by atoms with Crippen LogP contribution in [-0.4, -0.2) is 18.5 Å². The first-order valence-electron chi connectivity index (χ1n) is 9.12. The van der Waals surface area contributed by atoms with Crippen molar-refractivity contribution < 1.29 is 21.9 Å². The third-order valence-corrected chi connectivity index (χ3v) is 8.57. The largest absolute Gasteiger partial charge is 1.00 e. The van der Waals surface area contributed by atoms with Gasteiger partial charge >= 0.3 is 6.09 Å². The van der Waals surface area contributed by atoms with Crippen LogP contribution in [0.4, 0.5) is 4.79 Å². The maximum absolute atomic E-state index is 12.3. The molecule has 3 rings (SSSR count). The lowest BCUT2D eigenvalue weighted by Gasteiger charge is -2.27. The molecule has 0 bridgehead atoms. The fourth-order valence-corrected chi connectivity index (χ4v) is 7.06. The van der Waals surface area contributed by atoms with E-state index < -0.39 is 7.26 Å². The summed E-state index contributed by atoms with van der Waals surface area (Å²) in [6.45, 7) is 3.71. The Labute approximate surface area is 173 Å². The minimum Gasteiger partial charge on any atom is -1.00 e. The third-order valence-electron chi connectivity index (χ3n) is 4.39. The van der Waals surface area contributed by atoms with Gasteiger partial charge in [-0.3, -0.25) is 5.32 Å². The highest BCUT2D eigenvalue weighted by atomic mass is 35.5. The molecule has 0 aliphatic rings. The Morgan fingerprint density at radius 1 is 0.786 bits per heavy atom. The van der Waals surface area contributed by atoms with E-state index in [2.05, 4.69) is 78.1 Å². The lowest BCUT2D eigenvalue weighted by molar-refractivity contribution is -0.0000142. The standard InChI is InChI=1S/C23H24NO2P.ClH/c1-19(2)26-23(25)24-18-27(20-12-6-3-7-13-20,21-14-8-4-9-15-21)22-16-10-5-11-17-22;/h3-17,19H,18H2,1-2H3;1H. The summed E-state index contributed by atoms with van der Waals surface area (Å²) in [5.41, 5.74) is 0. The van der Waals surface area contributed by atoms with Crippen LogP contribution in [0.25, 0.3) is 0 Å². The second-order valence-electron chi connectivity index (χ2n) is 6.61. The molecule has 0 aromatic heterocycles. The van der Waals surface area contributed by atoms with Crippen molar-refractivity contribution in [2.75, 3.05) is 6.29 Å². The highest BCUT2D eigenvalue weighted by molar-refractivity contribution is 7.95. The Hall–Kier alpha value is -2.35. The van der Waals surface area contributed by atoms with Gasteiger partial charge in [0.1, 0.15) is 29.5 Å². The van der Waals surface area contributed by atoms with Crippen molar-refractivity contribution in [1.82, 2.24) is 5.32 Å². The topological polar surface area (TPSA) is 38.3 Å². The molecule has 3 aromatic rings. The average molecular weight is 414 g/mol. The first-order valence-corrected chi connectivity index (χ1v) is 11.1. The SMILES string of the molecule is CC(C)OC(=O)NC[P+](c1ccccc1)(c1ccccc1)c1ccccc1.[Cl-]. The van der Waals surface area contributed by atoms with Crippen LogP contribution in [0, 0.1) is 0 Å². The molecule has 0 aliphatic carbocycles. The monoisotopic (exact) mass is 413 g/mol. The van der Waals surface area contributed by atoms with Gasteiger partial charge in [-0.25, -0.2) is 4.79 Å². The minimum atomic E-state index is -2.06. The molecule has 0 radical (unpaired) electrons. The van der Waals surface area contributed by atoms with E-state index in [9.17, 15) is 4.79 Å². The number of carbonyl (C=O) groups is 1. The summed E-state index contributed by atoms with van der Waals surface area (Å²) in [6, 6.07) is 31.4. The highest BCUT2D eigenvalue weighted by Gasteiger charge is 2.45. The molecule has 0 saturated heterocycles. The van der Waals surface area contributed by atoms with Crippen molar-refractivity contribution in [1.29, 1.82) is 0 Å². The molecule has 3 nitrogen and oxygen atoms in total. The van der Waals surface area contributed by atoms with Crippen LogP contribution in [0.1, 0.15) is 13.8 Å². The molecule has 1 amide bonds. The fraction of sp³-hybridized carbons (Fsp3) is 0.174. The van der Waals surface area contributed by atoms with Crippen LogP contribution < -0.4 is 33.6 Å². The summed E-state index contributed by atoms with van der Waals surface area (Å²) in [5, 5.41) is 6.73. The number of carbonyl (C=O) groups excluding carboxylic acids is 1. The molecule has 28 heavy (non-hydrogen) atoms. The lowest BCUT2D eigenvalue weighted by atomic mass is 10.4. The smallest absolute Gasteiger partial charge is 0.410 e. The zero-order valence-corrected chi connectivity index (χ0v) is 17.7. The summed E-state index contributed by atoms with van der Waals surface area (Å²) in [4.78, 5) is 12.3. The van der Waals surface area contributed by atoms with Gasteiger partial charge in [0.2, 0.25) is 0 Å². The molecule has 5 heteroatoms. The molecule has 0 saturated carbocycles. The molecule has 0 spiro atoms. The van der Waals surface area contributed by atoms with E-state index in [0.717, 1.165) is 0 Å². The maximum Gasteiger partial charge on any atom is 0.410 e. The van der Waals surface area contributed by atoms with Crippen molar-refractivity contribution >= 4 is 29.3 Å². The van der Waals surface area contributed by atoms with Crippen LogP contribution in [0.15, 0.2) is 91.0 Å². The second kappa shape index (κ2) is 10.3. The number of nitrogens with one attached hydrogen (secondary N) is 1. The second-order valence-corrected chi connectivity index (χ2v) is 10.1. The Bertz CT molecular complexity index is 761. The fourth-order valence-electron chi connectivity index (χ4n) is 3.21. The number of benzene rings is 3. The van der Waals surface area contributed by atoms with Crippen molar-refractivity contribution in [2.24, 2.45) is 0 Å². The first kappa shape index (κ1) is 21.9. The number of hydrogen-bond acceptors (Lipinski definition) is 2. The van der Waals surface area contributed by atoms with Crippen molar-refractivity contribution in [3.63, 3.8) is 0 Å². The van der Waals surface area contributed by atoms with Gasteiger partial charge in [-0.1, -0.05) is 54.6 Å². The Kier molecular flexibility index (Phi) is 8.04. The van der Waals surface area contributed by atoms with Crippen molar-refractivity contribution in [2.45, 2.75) is 20.0 Å². The quantitative estimate of drug-likeness (QED) is 0.614. The van der Waals surface area contributed by atoms with Gasteiger partial charge in [0.05, 0.1) is 6.10 Å². The van der Waals surface area contributed by atoms with E-state index in [4.69, 9.17) is 4.74 Å². The molecular formula is C23H25ClNO2P. The van der Waals surface area contributed by atoms with Crippen LogP contribution >= 0.6 is 7.26 Å². The van der Waals surface area contributed by atoms with Gasteiger partial charge in [-0.2, -0.15) is 0 Å². The molecule has 3 aromatic carbocycles. The van der Waals surface area contributed by atoms with E-state index >= 15 is 0 Å². The van der Waals surface area contributed by atoms with Crippen LogP contribution in [0.3, 0.4) is 0 Å². The van der Waals surface area contributed by atoms with Gasteiger partial charge in [0.15, 0.2) is 0 Å². The van der Waals surface area contributed by atoms with Crippen LogP contribution in [0.5, 0.6) is 0 Å². The average Bonchev–Trinajstić information content (AvgIpc) is 2.70. The molecule has 0 unspecified atom stereocenters. The van der Waals surface area contributed by atoms with Crippen LogP contribution in [0.2, 0.25) is 0 Å². The number of rotatable bonds is 6. The molecule has 0 fully saturated rings. The van der Waals surface area contributed by atoms with Gasteiger partial charge in [-0.15, -0.1) is 0 Å². The number of halogens is 1. The van der Waals surface area contributed by atoms with Gasteiger partial charge < -0.3 is 17.1 Å². The summed E-state index contributed by atoms with van der Waals surface area (Å²) in [5.74, 6) is 0. The maximum atomic E-state index is 12.3. The zero-order valence-electron chi connectivity index (χ0n) is 16.1. The Morgan fingerprint density at radius 2 is 1.14 bits per heavy atom. The molecule has 0 aliphatic heterocycles. The number of amides is 1. The van der Waals surface area contributed by atoms with Gasteiger partial charge in [0, 0.05) is 0 Å². The first-order chi connectivity index (χ1) is 13.1. The van der Waals surface area contributed by atoms with E-state index in [1.165, 1.54) is 15.9 Å². The van der Waals surface area contributed by atoms with Gasteiger partial charge in [0.25, 0.3) is 0 Å². The van der Waals surface area contributed by atoms with Gasteiger partial charge in [-0.05, 0) is 50.2 Å². The number of ether oxygens (including phenoxy) is 1. The molecular weight excluding hydrogens is 389 g/mol. The lowest BCUT2D eigenvalue weighted by Crippen LogP contribution is -3.00. The summed E-state index contributed by atoms with van der Waals surface area (Å²) < 4.78 is 5.32. The van der Waals surface area contributed by atoms with Crippen molar-refractivity contribution in [3.8, 4) is 0 Å². The molecule has 1 N–H and O–H groups in total. The minimum absolute atomic E-state index is 0. The summed E-state index contributed by atoms with van der Waals surface area (Å²) in [6.07, 6.45) is -0.0172. The zero-order chi connectivity index (χ0) is 19.1. The summed E-state index contributed by atoms with van der Waals surface area (Å²) in [7, 11) is -2.06. The number of hydrogen-bond donors (Lipinski definition) is 1. The molecule has 146 valence electrons. The normalized spacial score (nSPS) is 10.8. The van der Waals surface area contributed by atoms with Crippen LogP contribution in [-0.2, 0) is 4.74 Å².